The summed E-state index contributed by atoms with van der Waals surface area (Å²) in [5.74, 6) is -0.0824. The zero-order valence-corrected chi connectivity index (χ0v) is 12.8. The van der Waals surface area contributed by atoms with Crippen molar-refractivity contribution in [3.05, 3.63) is 29.8 Å². The Labute approximate surface area is 120 Å². The third kappa shape index (κ3) is 5.58. The number of carbonyl (C=O) groups excluding carboxylic acids is 1. The van der Waals surface area contributed by atoms with Gasteiger partial charge < -0.3 is 10.6 Å². The Morgan fingerprint density at radius 3 is 2.55 bits per heavy atom. The number of amides is 1. The molecule has 112 valence electrons. The van der Waals surface area contributed by atoms with Gasteiger partial charge in [-0.1, -0.05) is 18.2 Å². The van der Waals surface area contributed by atoms with Crippen LogP contribution in [0.5, 0.6) is 0 Å². The van der Waals surface area contributed by atoms with Crippen molar-refractivity contribution in [1.82, 2.24) is 10.6 Å². The Bertz CT molecular complexity index is 558. The fourth-order valence-electron chi connectivity index (χ4n) is 1.80. The predicted molar refractivity (Wildman–Crippen MR) is 80.0 cm³/mol. The van der Waals surface area contributed by atoms with Gasteiger partial charge in [0.1, 0.15) is 0 Å². The van der Waals surface area contributed by atoms with E-state index in [2.05, 4.69) is 15.4 Å². The second kappa shape index (κ2) is 7.25. The highest BCUT2D eigenvalue weighted by Crippen LogP contribution is 2.23. The van der Waals surface area contributed by atoms with Gasteiger partial charge in [-0.05, 0) is 25.6 Å². The number of anilines is 1. The second-order valence-electron chi connectivity index (χ2n) is 4.60. The quantitative estimate of drug-likeness (QED) is 0.696. The van der Waals surface area contributed by atoms with Gasteiger partial charge in [0.05, 0.1) is 18.0 Å². The minimum Gasteiger partial charge on any atom is -0.349 e. The van der Waals surface area contributed by atoms with E-state index in [1.54, 1.807) is 31.3 Å². The molecule has 7 heteroatoms. The van der Waals surface area contributed by atoms with Crippen LogP contribution in [0.1, 0.15) is 24.9 Å². The fraction of sp³-hybridized carbons (Fsp3) is 0.462. The van der Waals surface area contributed by atoms with Crippen molar-refractivity contribution >= 4 is 21.6 Å². The summed E-state index contributed by atoms with van der Waals surface area (Å²) < 4.78 is 25.1. The summed E-state index contributed by atoms with van der Waals surface area (Å²) in [6.07, 6.45) is 1.47. The summed E-state index contributed by atoms with van der Waals surface area (Å²) in [6, 6.07) is 6.74. The fourth-order valence-corrected chi connectivity index (χ4v) is 2.38. The highest BCUT2D eigenvalue weighted by atomic mass is 32.2. The smallest absolute Gasteiger partial charge is 0.229 e. The van der Waals surface area contributed by atoms with Crippen LogP contribution in [0.3, 0.4) is 0 Å². The van der Waals surface area contributed by atoms with Gasteiger partial charge in [-0.15, -0.1) is 0 Å². The molecule has 0 aliphatic rings. The number of benzene rings is 1. The van der Waals surface area contributed by atoms with Crippen molar-refractivity contribution in [3.63, 3.8) is 0 Å². The highest BCUT2D eigenvalue weighted by Gasteiger charge is 2.14. The van der Waals surface area contributed by atoms with Crippen LogP contribution in [-0.2, 0) is 14.8 Å². The van der Waals surface area contributed by atoms with Crippen LogP contribution in [0.15, 0.2) is 24.3 Å². The minimum atomic E-state index is -3.35. The average molecular weight is 299 g/mol. The van der Waals surface area contributed by atoms with E-state index in [1.165, 1.54) is 0 Å². The zero-order chi connectivity index (χ0) is 15.2. The van der Waals surface area contributed by atoms with Gasteiger partial charge in [0.15, 0.2) is 0 Å². The third-order valence-corrected chi connectivity index (χ3v) is 3.29. The van der Waals surface area contributed by atoms with Crippen molar-refractivity contribution < 1.29 is 13.2 Å². The van der Waals surface area contributed by atoms with Crippen molar-refractivity contribution in [3.8, 4) is 0 Å². The molecule has 1 aromatic carbocycles. The first-order valence-corrected chi connectivity index (χ1v) is 8.23. The molecular formula is C13H21N3O3S. The van der Waals surface area contributed by atoms with Gasteiger partial charge in [-0.3, -0.25) is 9.52 Å². The van der Waals surface area contributed by atoms with E-state index in [9.17, 15) is 13.2 Å². The summed E-state index contributed by atoms with van der Waals surface area (Å²) in [4.78, 5) is 11.7. The lowest BCUT2D eigenvalue weighted by Crippen LogP contribution is -2.29. The van der Waals surface area contributed by atoms with E-state index in [0.717, 1.165) is 11.8 Å². The molecule has 1 rings (SSSR count). The van der Waals surface area contributed by atoms with Gasteiger partial charge >= 0.3 is 0 Å². The van der Waals surface area contributed by atoms with Crippen LogP contribution in [0.4, 0.5) is 5.69 Å². The summed E-state index contributed by atoms with van der Waals surface area (Å²) in [6.45, 7) is 2.42. The molecule has 1 aromatic rings. The largest absolute Gasteiger partial charge is 0.349 e. The molecule has 1 atom stereocenters. The molecule has 0 heterocycles. The van der Waals surface area contributed by atoms with Crippen LogP contribution in [0.2, 0.25) is 0 Å². The van der Waals surface area contributed by atoms with Crippen LogP contribution < -0.4 is 15.4 Å². The lowest BCUT2D eigenvalue weighted by Gasteiger charge is -2.18. The molecule has 20 heavy (non-hydrogen) atoms. The summed E-state index contributed by atoms with van der Waals surface area (Å²) in [7, 11) is -1.57. The van der Waals surface area contributed by atoms with Crippen molar-refractivity contribution in [2.45, 2.75) is 19.4 Å². The van der Waals surface area contributed by atoms with E-state index in [0.29, 0.717) is 18.7 Å². The topological polar surface area (TPSA) is 87.3 Å². The monoisotopic (exact) mass is 299 g/mol. The van der Waals surface area contributed by atoms with E-state index >= 15 is 0 Å². The molecule has 1 unspecified atom stereocenters. The first kappa shape index (κ1) is 16.5. The maximum absolute atomic E-state index is 11.7. The third-order valence-electron chi connectivity index (χ3n) is 2.70. The summed E-state index contributed by atoms with van der Waals surface area (Å²) in [5, 5.41) is 5.74. The SMILES string of the molecule is CNCCC(=O)NC(C)c1ccccc1NS(C)(=O)=O. The van der Waals surface area contributed by atoms with Gasteiger partial charge in [0.25, 0.3) is 0 Å². The standard InChI is InChI=1S/C13H21N3O3S/c1-10(15-13(17)8-9-14-2)11-6-4-5-7-12(11)16-20(3,18)19/h4-7,10,14,16H,8-9H2,1-3H3,(H,15,17). The van der Waals surface area contributed by atoms with Crippen molar-refractivity contribution in [2.24, 2.45) is 0 Å². The maximum Gasteiger partial charge on any atom is 0.229 e. The average Bonchev–Trinajstić information content (AvgIpc) is 2.35. The number of sulfonamides is 1. The number of para-hydroxylation sites is 1. The first-order chi connectivity index (χ1) is 9.33. The molecule has 0 saturated heterocycles. The first-order valence-electron chi connectivity index (χ1n) is 6.34. The number of carbonyl (C=O) groups is 1. The maximum atomic E-state index is 11.7. The molecule has 0 aliphatic carbocycles. The van der Waals surface area contributed by atoms with E-state index < -0.39 is 10.0 Å². The van der Waals surface area contributed by atoms with Crippen LogP contribution >= 0.6 is 0 Å². The number of rotatable bonds is 7. The van der Waals surface area contributed by atoms with E-state index in [-0.39, 0.29) is 11.9 Å². The van der Waals surface area contributed by atoms with Gasteiger partial charge in [-0.25, -0.2) is 8.42 Å². The molecular weight excluding hydrogens is 278 g/mol. The number of hydrogen-bond donors (Lipinski definition) is 3. The normalized spacial score (nSPS) is 12.8. The minimum absolute atomic E-state index is 0.0824. The van der Waals surface area contributed by atoms with Gasteiger partial charge in [0, 0.05) is 13.0 Å². The number of hydrogen-bond acceptors (Lipinski definition) is 4. The molecule has 0 fully saturated rings. The van der Waals surface area contributed by atoms with Gasteiger partial charge in [-0.2, -0.15) is 0 Å². The molecule has 0 aromatic heterocycles. The van der Waals surface area contributed by atoms with Crippen LogP contribution in [-0.4, -0.2) is 34.2 Å². The lowest BCUT2D eigenvalue weighted by molar-refractivity contribution is -0.121. The van der Waals surface area contributed by atoms with Crippen molar-refractivity contribution in [2.75, 3.05) is 24.6 Å². The molecule has 0 radical (unpaired) electrons. The predicted octanol–water partition coefficient (Wildman–Crippen LogP) is 0.845. The van der Waals surface area contributed by atoms with Crippen LogP contribution in [0, 0.1) is 0 Å². The zero-order valence-electron chi connectivity index (χ0n) is 11.9. The Hall–Kier alpha value is -1.60. The molecule has 0 saturated carbocycles. The van der Waals surface area contributed by atoms with E-state index in [1.807, 2.05) is 6.92 Å². The molecule has 1 amide bonds. The molecule has 3 N–H and O–H groups in total. The Balaban J connectivity index is 2.82. The highest BCUT2D eigenvalue weighted by molar-refractivity contribution is 7.92. The molecule has 6 nitrogen and oxygen atoms in total. The summed E-state index contributed by atoms with van der Waals surface area (Å²) in [5.41, 5.74) is 1.21. The Kier molecular flexibility index (Phi) is 5.97. The molecule has 0 bridgehead atoms. The molecule has 0 aliphatic heterocycles. The Morgan fingerprint density at radius 2 is 1.95 bits per heavy atom. The van der Waals surface area contributed by atoms with Crippen molar-refractivity contribution in [1.29, 1.82) is 0 Å². The second-order valence-corrected chi connectivity index (χ2v) is 6.35. The van der Waals surface area contributed by atoms with Crippen LogP contribution in [0.25, 0.3) is 0 Å². The van der Waals surface area contributed by atoms with Gasteiger partial charge in [0.2, 0.25) is 15.9 Å². The number of nitrogens with one attached hydrogen (secondary N) is 3. The summed E-state index contributed by atoms with van der Waals surface area (Å²) >= 11 is 0. The lowest BCUT2D eigenvalue weighted by atomic mass is 10.1. The molecule has 0 spiro atoms. The van der Waals surface area contributed by atoms with E-state index in [4.69, 9.17) is 0 Å². The Morgan fingerprint density at radius 1 is 1.30 bits per heavy atom.